The minimum Gasteiger partial charge on any atom is -0.444 e. The van der Waals surface area contributed by atoms with Gasteiger partial charge >= 0.3 is 6.09 Å². The number of para-hydroxylation sites is 2. The zero-order valence-electron chi connectivity index (χ0n) is 23.3. The molecule has 1 aromatic heterocycles. The fourth-order valence-electron chi connectivity index (χ4n) is 5.19. The van der Waals surface area contributed by atoms with Crippen molar-refractivity contribution in [1.29, 1.82) is 0 Å². The van der Waals surface area contributed by atoms with Crippen LogP contribution >= 0.6 is 0 Å². The number of amides is 2. The zero-order valence-corrected chi connectivity index (χ0v) is 23.3. The minimum atomic E-state index is -0.522. The number of anilines is 1. The van der Waals surface area contributed by atoms with E-state index in [0.717, 1.165) is 46.3 Å². The Balaban J connectivity index is 1.48. The first kappa shape index (κ1) is 27.2. The van der Waals surface area contributed by atoms with E-state index in [1.54, 1.807) is 4.90 Å². The Morgan fingerprint density at radius 3 is 2.20 bits per heavy atom. The van der Waals surface area contributed by atoms with E-state index >= 15 is 0 Å². The second-order valence-corrected chi connectivity index (χ2v) is 11.3. The maximum absolute atomic E-state index is 13.9. The molecule has 1 fully saturated rings. The lowest BCUT2D eigenvalue weighted by atomic mass is 9.85. The molecule has 1 saturated heterocycles. The second kappa shape index (κ2) is 11.8. The second-order valence-electron chi connectivity index (χ2n) is 11.3. The van der Waals surface area contributed by atoms with Crippen LogP contribution in [0.25, 0.3) is 22.2 Å². The molecular formula is C33H36N4O3. The molecule has 206 valence electrons. The molecule has 0 spiro atoms. The minimum absolute atomic E-state index is 0.208. The van der Waals surface area contributed by atoms with Gasteiger partial charge < -0.3 is 9.64 Å². The van der Waals surface area contributed by atoms with E-state index in [1.165, 1.54) is 0 Å². The summed E-state index contributed by atoms with van der Waals surface area (Å²) in [5.41, 5.74) is 10.4. The highest BCUT2D eigenvalue weighted by molar-refractivity contribution is 6.09. The number of aromatic nitrogens is 1. The number of fused-ring (bicyclic) bond motifs is 1. The van der Waals surface area contributed by atoms with Crippen molar-refractivity contribution in [3.8, 4) is 11.3 Å². The highest BCUT2D eigenvalue weighted by Crippen LogP contribution is 2.34. The van der Waals surface area contributed by atoms with Crippen molar-refractivity contribution in [2.75, 3.05) is 18.5 Å². The molecule has 0 saturated carbocycles. The van der Waals surface area contributed by atoms with Gasteiger partial charge in [0.2, 0.25) is 0 Å². The lowest BCUT2D eigenvalue weighted by Gasteiger charge is -2.34. The Hall–Kier alpha value is -4.39. The molecule has 5 rings (SSSR count). The van der Waals surface area contributed by atoms with Gasteiger partial charge in [-0.25, -0.2) is 9.78 Å². The lowest BCUT2D eigenvalue weighted by Crippen LogP contribution is -2.42. The number of nitrogens with one attached hydrogen (secondary N) is 2. The molecule has 7 heteroatoms. The molecule has 0 bridgehead atoms. The fourth-order valence-corrected chi connectivity index (χ4v) is 5.19. The quantitative estimate of drug-likeness (QED) is 0.263. The number of carbonyl (C=O) groups excluding carboxylic acids is 2. The zero-order chi connectivity index (χ0) is 28.1. The van der Waals surface area contributed by atoms with Crippen LogP contribution in [-0.4, -0.2) is 40.6 Å². The van der Waals surface area contributed by atoms with Crippen LogP contribution in [0.3, 0.4) is 0 Å². The van der Waals surface area contributed by atoms with Gasteiger partial charge in [0.1, 0.15) is 5.60 Å². The normalized spacial score (nSPS) is 14.1. The van der Waals surface area contributed by atoms with Crippen LogP contribution in [0.4, 0.5) is 10.5 Å². The van der Waals surface area contributed by atoms with Crippen LogP contribution in [-0.2, 0) is 11.2 Å². The van der Waals surface area contributed by atoms with Gasteiger partial charge in [-0.05, 0) is 69.7 Å². The van der Waals surface area contributed by atoms with Crippen molar-refractivity contribution in [3.63, 3.8) is 0 Å². The number of carbonyl (C=O) groups is 2. The molecule has 4 aromatic rings. The third kappa shape index (κ3) is 6.42. The molecule has 2 amide bonds. The van der Waals surface area contributed by atoms with Gasteiger partial charge in [0.25, 0.3) is 5.91 Å². The average molecular weight is 537 g/mol. The van der Waals surface area contributed by atoms with Gasteiger partial charge in [-0.15, -0.1) is 0 Å². The maximum Gasteiger partial charge on any atom is 0.410 e. The van der Waals surface area contributed by atoms with Crippen molar-refractivity contribution in [2.45, 2.75) is 45.6 Å². The smallest absolute Gasteiger partial charge is 0.410 e. The molecule has 40 heavy (non-hydrogen) atoms. The standard InChI is InChI=1S/C33H36N4O3/c1-33(2,3)40-32(39)37-20-18-23(19-21-37)22-27-29(31(38)36-35-25-14-8-5-9-15-25)26-16-10-11-17-28(26)34-30(27)24-12-6-4-7-13-24/h4-17,23,35H,18-22H2,1-3H3,(H,36,38). The van der Waals surface area contributed by atoms with Gasteiger partial charge in [0.15, 0.2) is 0 Å². The predicted octanol–water partition coefficient (Wildman–Crippen LogP) is 6.85. The Labute approximate surface area is 235 Å². The van der Waals surface area contributed by atoms with Crippen LogP contribution in [0.5, 0.6) is 0 Å². The largest absolute Gasteiger partial charge is 0.444 e. The highest BCUT2D eigenvalue weighted by Gasteiger charge is 2.29. The van der Waals surface area contributed by atoms with Crippen LogP contribution in [0.2, 0.25) is 0 Å². The first-order valence-electron chi connectivity index (χ1n) is 13.8. The Morgan fingerprint density at radius 2 is 1.52 bits per heavy atom. The summed E-state index contributed by atoms with van der Waals surface area (Å²) in [5.74, 6) is 0.0820. The summed E-state index contributed by atoms with van der Waals surface area (Å²) in [6.45, 7) is 6.90. The van der Waals surface area contributed by atoms with Crippen LogP contribution in [0, 0.1) is 5.92 Å². The number of pyridine rings is 1. The van der Waals surface area contributed by atoms with E-state index in [-0.39, 0.29) is 17.9 Å². The number of benzene rings is 3. The summed E-state index contributed by atoms with van der Waals surface area (Å²) in [4.78, 5) is 33.4. The van der Waals surface area contributed by atoms with E-state index < -0.39 is 5.60 Å². The van der Waals surface area contributed by atoms with E-state index in [1.807, 2.05) is 106 Å². The Kier molecular flexibility index (Phi) is 8.01. The number of hydrogen-bond donors (Lipinski definition) is 2. The first-order valence-corrected chi connectivity index (χ1v) is 13.8. The van der Waals surface area contributed by atoms with Crippen LogP contribution in [0.1, 0.15) is 49.5 Å². The van der Waals surface area contributed by atoms with E-state index in [0.29, 0.717) is 25.1 Å². The number of rotatable bonds is 6. The number of likely N-dealkylation sites (tertiary alicyclic amines) is 1. The van der Waals surface area contributed by atoms with Crippen molar-refractivity contribution in [1.82, 2.24) is 15.3 Å². The molecule has 0 unspecified atom stereocenters. The van der Waals surface area contributed by atoms with Crippen molar-refractivity contribution < 1.29 is 14.3 Å². The number of hydrogen-bond acceptors (Lipinski definition) is 5. The molecule has 0 atom stereocenters. The summed E-state index contributed by atoms with van der Waals surface area (Å²) in [7, 11) is 0. The van der Waals surface area contributed by atoms with Gasteiger partial charge in [-0.3, -0.25) is 15.6 Å². The van der Waals surface area contributed by atoms with Crippen LogP contribution < -0.4 is 10.9 Å². The predicted molar refractivity (Wildman–Crippen MR) is 159 cm³/mol. The molecule has 0 aliphatic carbocycles. The van der Waals surface area contributed by atoms with Gasteiger partial charge in [-0.1, -0.05) is 66.7 Å². The highest BCUT2D eigenvalue weighted by atomic mass is 16.6. The summed E-state index contributed by atoms with van der Waals surface area (Å²) in [5, 5.41) is 0.815. The molecule has 3 aromatic carbocycles. The van der Waals surface area contributed by atoms with E-state index in [9.17, 15) is 9.59 Å². The molecule has 0 radical (unpaired) electrons. The number of ether oxygens (including phenoxy) is 1. The topological polar surface area (TPSA) is 83.6 Å². The van der Waals surface area contributed by atoms with Gasteiger partial charge in [0.05, 0.1) is 22.5 Å². The lowest BCUT2D eigenvalue weighted by molar-refractivity contribution is 0.0184. The van der Waals surface area contributed by atoms with E-state index in [2.05, 4.69) is 10.9 Å². The number of piperidine rings is 1. The SMILES string of the molecule is CC(C)(C)OC(=O)N1CCC(Cc2c(-c3ccccc3)nc3ccccc3c2C(=O)NNc2ccccc2)CC1. The molecule has 2 heterocycles. The molecule has 7 nitrogen and oxygen atoms in total. The van der Waals surface area contributed by atoms with E-state index in [4.69, 9.17) is 9.72 Å². The third-order valence-corrected chi connectivity index (χ3v) is 7.12. The average Bonchev–Trinajstić information content (AvgIpc) is 2.96. The Bertz CT molecular complexity index is 1470. The number of hydrazine groups is 1. The summed E-state index contributed by atoms with van der Waals surface area (Å²) < 4.78 is 5.59. The van der Waals surface area contributed by atoms with Crippen LogP contribution in [0.15, 0.2) is 84.9 Å². The van der Waals surface area contributed by atoms with Gasteiger partial charge in [-0.2, -0.15) is 0 Å². The van der Waals surface area contributed by atoms with Crippen molar-refractivity contribution in [2.24, 2.45) is 5.92 Å². The summed E-state index contributed by atoms with van der Waals surface area (Å²) in [6.07, 6.45) is 2.06. The van der Waals surface area contributed by atoms with Gasteiger partial charge in [0, 0.05) is 24.0 Å². The van der Waals surface area contributed by atoms with Crippen molar-refractivity contribution in [3.05, 3.63) is 96.1 Å². The molecule has 1 aliphatic heterocycles. The summed E-state index contributed by atoms with van der Waals surface area (Å²) >= 11 is 0. The maximum atomic E-state index is 13.9. The fraction of sp³-hybridized carbons (Fsp3) is 0.303. The number of nitrogens with zero attached hydrogens (tertiary/aromatic N) is 2. The van der Waals surface area contributed by atoms with Crippen molar-refractivity contribution >= 4 is 28.6 Å². The first-order chi connectivity index (χ1) is 19.3. The molecule has 2 N–H and O–H groups in total. The third-order valence-electron chi connectivity index (χ3n) is 7.12. The Morgan fingerprint density at radius 1 is 0.900 bits per heavy atom. The molecule has 1 aliphatic rings. The summed E-state index contributed by atoms with van der Waals surface area (Å²) in [6, 6.07) is 27.4. The molecular weight excluding hydrogens is 500 g/mol. The monoisotopic (exact) mass is 536 g/mol.